The van der Waals surface area contributed by atoms with E-state index >= 15 is 0 Å². The quantitative estimate of drug-likeness (QED) is 0.528. The molecule has 3 nitrogen and oxygen atoms in total. The smallest absolute Gasteiger partial charge is 0.336 e. The Morgan fingerprint density at radius 3 is 2.64 bits per heavy atom. The number of benzene rings is 3. The maximum Gasteiger partial charge on any atom is 0.336 e. The summed E-state index contributed by atoms with van der Waals surface area (Å²) >= 11 is 0. The monoisotopic (exact) mass is 329 g/mol. The summed E-state index contributed by atoms with van der Waals surface area (Å²) in [7, 11) is 0. The first-order chi connectivity index (χ1) is 12.2. The van der Waals surface area contributed by atoms with Crippen molar-refractivity contribution in [2.75, 3.05) is 5.32 Å². The summed E-state index contributed by atoms with van der Waals surface area (Å²) in [5.74, 6) is 0. The largest absolute Gasteiger partial charge is 0.423 e. The molecule has 0 amide bonds. The number of fused-ring (bicyclic) bond motifs is 2. The average Bonchev–Trinajstić information content (AvgIpc) is 2.65. The van der Waals surface area contributed by atoms with E-state index in [0.29, 0.717) is 12.1 Å². The van der Waals surface area contributed by atoms with E-state index in [1.54, 1.807) is 6.07 Å². The zero-order valence-corrected chi connectivity index (χ0v) is 14.1. The predicted molar refractivity (Wildman–Crippen MR) is 103 cm³/mol. The summed E-state index contributed by atoms with van der Waals surface area (Å²) in [6.07, 6.45) is 0.915. The van der Waals surface area contributed by atoms with Gasteiger partial charge >= 0.3 is 5.63 Å². The number of hydrogen-bond donors (Lipinski definition) is 1. The molecule has 124 valence electrons. The summed E-state index contributed by atoms with van der Waals surface area (Å²) in [5, 5.41) is 6.81. The SMILES string of the molecule is CCc1ccc2c(CNc3cccc4ccccc34)cc(=O)oc2c1. The molecular weight excluding hydrogens is 310 g/mol. The fourth-order valence-electron chi connectivity index (χ4n) is 3.21. The molecule has 4 aromatic rings. The Balaban J connectivity index is 1.72. The van der Waals surface area contributed by atoms with Gasteiger partial charge in [0.25, 0.3) is 0 Å². The lowest BCUT2D eigenvalue weighted by atomic mass is 10.1. The van der Waals surface area contributed by atoms with Gasteiger partial charge in [0.2, 0.25) is 0 Å². The third kappa shape index (κ3) is 3.01. The number of hydrogen-bond acceptors (Lipinski definition) is 3. The third-order valence-electron chi connectivity index (χ3n) is 4.56. The Kier molecular flexibility index (Phi) is 3.98. The first-order valence-electron chi connectivity index (χ1n) is 8.52. The Bertz CT molecular complexity index is 1110. The summed E-state index contributed by atoms with van der Waals surface area (Å²) in [6.45, 7) is 2.66. The lowest BCUT2D eigenvalue weighted by Crippen LogP contribution is -2.06. The molecule has 3 heteroatoms. The van der Waals surface area contributed by atoms with Crippen molar-refractivity contribution in [1.82, 2.24) is 0 Å². The molecule has 0 saturated heterocycles. The van der Waals surface area contributed by atoms with Crippen LogP contribution in [0, 0.1) is 0 Å². The van der Waals surface area contributed by atoms with E-state index < -0.39 is 0 Å². The van der Waals surface area contributed by atoms with Gasteiger partial charge in [-0.2, -0.15) is 0 Å². The first kappa shape index (κ1) is 15.5. The van der Waals surface area contributed by atoms with Crippen LogP contribution in [0.25, 0.3) is 21.7 Å². The van der Waals surface area contributed by atoms with Gasteiger partial charge < -0.3 is 9.73 Å². The molecule has 1 aromatic heterocycles. The Morgan fingerprint density at radius 2 is 1.76 bits per heavy atom. The molecule has 0 spiro atoms. The van der Waals surface area contributed by atoms with Crippen molar-refractivity contribution >= 4 is 27.4 Å². The molecule has 0 fully saturated rings. The predicted octanol–water partition coefficient (Wildman–Crippen LogP) is 5.12. The number of anilines is 1. The van der Waals surface area contributed by atoms with Crippen LogP contribution in [0.1, 0.15) is 18.1 Å². The molecular formula is C22H19NO2. The van der Waals surface area contributed by atoms with Gasteiger partial charge in [0.15, 0.2) is 0 Å². The number of aryl methyl sites for hydroxylation is 1. The van der Waals surface area contributed by atoms with Crippen molar-refractivity contribution in [3.63, 3.8) is 0 Å². The Labute approximate surface area is 145 Å². The van der Waals surface area contributed by atoms with Gasteiger partial charge in [-0.25, -0.2) is 4.79 Å². The molecule has 0 aliphatic carbocycles. The van der Waals surface area contributed by atoms with Crippen molar-refractivity contribution in [3.8, 4) is 0 Å². The first-order valence-corrected chi connectivity index (χ1v) is 8.52. The minimum Gasteiger partial charge on any atom is -0.423 e. The fourth-order valence-corrected chi connectivity index (χ4v) is 3.21. The van der Waals surface area contributed by atoms with Crippen LogP contribution in [0.5, 0.6) is 0 Å². The standard InChI is InChI=1S/C22H19NO2/c1-2-15-10-11-19-17(13-22(24)25-21(19)12-15)14-23-20-9-5-7-16-6-3-4-8-18(16)20/h3-13,23H,2,14H2,1H3. The van der Waals surface area contributed by atoms with E-state index in [2.05, 4.69) is 42.6 Å². The van der Waals surface area contributed by atoms with Gasteiger partial charge in [-0.3, -0.25) is 0 Å². The minimum absolute atomic E-state index is 0.310. The van der Waals surface area contributed by atoms with Gasteiger partial charge in [-0.15, -0.1) is 0 Å². The molecule has 4 rings (SSSR count). The summed E-state index contributed by atoms with van der Waals surface area (Å²) < 4.78 is 5.38. The maximum absolute atomic E-state index is 11.9. The molecule has 1 heterocycles. The van der Waals surface area contributed by atoms with E-state index in [1.807, 2.05) is 30.3 Å². The number of nitrogens with one attached hydrogen (secondary N) is 1. The highest BCUT2D eigenvalue weighted by atomic mass is 16.4. The Hall–Kier alpha value is -3.07. The van der Waals surface area contributed by atoms with Crippen LogP contribution >= 0.6 is 0 Å². The lowest BCUT2D eigenvalue weighted by Gasteiger charge is -2.11. The molecule has 3 aromatic carbocycles. The normalized spacial score (nSPS) is 11.1. The second-order valence-electron chi connectivity index (χ2n) is 6.16. The average molecular weight is 329 g/mol. The van der Waals surface area contributed by atoms with Gasteiger partial charge in [0, 0.05) is 29.1 Å². The molecule has 0 atom stereocenters. The molecule has 0 bridgehead atoms. The van der Waals surface area contributed by atoms with Crippen molar-refractivity contribution < 1.29 is 4.42 Å². The van der Waals surface area contributed by atoms with E-state index in [0.717, 1.165) is 28.6 Å². The van der Waals surface area contributed by atoms with E-state index in [9.17, 15) is 4.79 Å². The highest BCUT2D eigenvalue weighted by Crippen LogP contribution is 2.25. The van der Waals surface area contributed by atoms with Gasteiger partial charge in [-0.05, 0) is 35.1 Å². The van der Waals surface area contributed by atoms with Crippen molar-refractivity contribution in [2.24, 2.45) is 0 Å². The lowest BCUT2D eigenvalue weighted by molar-refractivity contribution is 0.559. The van der Waals surface area contributed by atoms with Crippen LogP contribution in [-0.2, 0) is 13.0 Å². The van der Waals surface area contributed by atoms with Gasteiger partial charge in [0.05, 0.1) is 0 Å². The maximum atomic E-state index is 11.9. The van der Waals surface area contributed by atoms with Crippen LogP contribution in [0.2, 0.25) is 0 Å². The zero-order valence-electron chi connectivity index (χ0n) is 14.1. The highest BCUT2D eigenvalue weighted by Gasteiger charge is 2.07. The number of rotatable bonds is 4. The second-order valence-corrected chi connectivity index (χ2v) is 6.16. The summed E-state index contributed by atoms with van der Waals surface area (Å²) in [4.78, 5) is 11.9. The van der Waals surface area contributed by atoms with E-state index in [4.69, 9.17) is 4.42 Å². The summed E-state index contributed by atoms with van der Waals surface area (Å²) in [6, 6.07) is 22.1. The van der Waals surface area contributed by atoms with Crippen LogP contribution in [0.4, 0.5) is 5.69 Å². The third-order valence-corrected chi connectivity index (χ3v) is 4.56. The van der Waals surface area contributed by atoms with Gasteiger partial charge in [-0.1, -0.05) is 55.5 Å². The molecule has 0 aliphatic heterocycles. The van der Waals surface area contributed by atoms with Crippen LogP contribution < -0.4 is 10.9 Å². The van der Waals surface area contributed by atoms with Crippen molar-refractivity contribution in [1.29, 1.82) is 0 Å². The highest BCUT2D eigenvalue weighted by molar-refractivity contribution is 5.94. The topological polar surface area (TPSA) is 42.2 Å². The fraction of sp³-hybridized carbons (Fsp3) is 0.136. The molecule has 0 radical (unpaired) electrons. The molecule has 1 N–H and O–H groups in total. The molecule has 0 saturated carbocycles. The Morgan fingerprint density at radius 1 is 0.920 bits per heavy atom. The molecule has 25 heavy (non-hydrogen) atoms. The van der Waals surface area contributed by atoms with Crippen LogP contribution in [0.15, 0.2) is 75.9 Å². The van der Waals surface area contributed by atoms with Crippen LogP contribution in [-0.4, -0.2) is 0 Å². The van der Waals surface area contributed by atoms with Crippen LogP contribution in [0.3, 0.4) is 0 Å². The van der Waals surface area contributed by atoms with E-state index in [-0.39, 0.29) is 5.63 Å². The van der Waals surface area contributed by atoms with E-state index in [1.165, 1.54) is 10.8 Å². The molecule has 0 aliphatic rings. The minimum atomic E-state index is -0.310. The van der Waals surface area contributed by atoms with Crippen molar-refractivity contribution in [2.45, 2.75) is 19.9 Å². The second kappa shape index (κ2) is 6.44. The summed E-state index contributed by atoms with van der Waals surface area (Å²) in [5.41, 5.74) is 3.51. The van der Waals surface area contributed by atoms with Gasteiger partial charge in [0.1, 0.15) is 5.58 Å². The molecule has 0 unspecified atom stereocenters. The zero-order chi connectivity index (χ0) is 17.2. The van der Waals surface area contributed by atoms with Crippen molar-refractivity contribution in [3.05, 3.63) is 88.3 Å².